The zero-order valence-corrected chi connectivity index (χ0v) is 15.1. The van der Waals surface area contributed by atoms with Crippen LogP contribution in [0, 0.1) is 0 Å². The maximum Gasteiger partial charge on any atom is 0.443 e. The van der Waals surface area contributed by atoms with Gasteiger partial charge in [0.15, 0.2) is 5.17 Å². The number of rotatable bonds is 2. The molecule has 1 aliphatic rings. The number of carbonyl (C=O) groups excluding carboxylic acids is 1. The van der Waals surface area contributed by atoms with Gasteiger partial charge in [0, 0.05) is 5.56 Å². The lowest BCUT2D eigenvalue weighted by atomic mass is 9.97. The second-order valence-corrected chi connectivity index (χ2v) is 6.55. The quantitative estimate of drug-likeness (QED) is 0.610. The van der Waals surface area contributed by atoms with Crippen LogP contribution in [-0.2, 0) is 0 Å². The van der Waals surface area contributed by atoms with Crippen LogP contribution in [0.15, 0.2) is 40.0 Å². The van der Waals surface area contributed by atoms with E-state index in [0.717, 1.165) is 12.1 Å². The van der Waals surface area contributed by atoms with Crippen LogP contribution in [0.3, 0.4) is 0 Å². The minimum atomic E-state index is -6.50. The summed E-state index contributed by atoms with van der Waals surface area (Å²) in [6.07, 6.45) is -19.2. The molecule has 1 aliphatic heterocycles. The topological polar surface area (TPSA) is 50.7 Å². The Morgan fingerprint density at radius 1 is 1.07 bits per heavy atom. The molecular weight excluding hydrogens is 462 g/mol. The van der Waals surface area contributed by atoms with E-state index in [0.29, 0.717) is 0 Å². The number of amidine groups is 1. The summed E-state index contributed by atoms with van der Waals surface area (Å²) in [6, 6.07) is 4.74. The van der Waals surface area contributed by atoms with Crippen LogP contribution in [0.5, 0.6) is 5.75 Å². The largest absolute Gasteiger partial charge is 0.497 e. The van der Waals surface area contributed by atoms with Gasteiger partial charge in [-0.05, 0) is 18.2 Å². The van der Waals surface area contributed by atoms with Crippen molar-refractivity contribution in [2.24, 2.45) is 4.99 Å². The second-order valence-electron chi connectivity index (χ2n) is 5.55. The lowest BCUT2D eigenvalue weighted by molar-refractivity contribution is -0.280. The zero-order chi connectivity index (χ0) is 23.1. The number of nitrogens with one attached hydrogen (secondary N) is 1. The van der Waals surface area contributed by atoms with E-state index in [1.165, 1.54) is 24.6 Å². The lowest BCUT2D eigenvalue weighted by Crippen LogP contribution is -2.55. The number of aliphatic imine (C=N–C) groups is 1. The average Bonchev–Trinajstić information content (AvgIpc) is 3.00. The molecule has 0 bridgehead atoms. The van der Waals surface area contributed by atoms with Gasteiger partial charge in [-0.25, -0.2) is 9.38 Å². The summed E-state index contributed by atoms with van der Waals surface area (Å²) in [7, 11) is 1.20. The molecule has 0 atom stereocenters. The van der Waals surface area contributed by atoms with Crippen LogP contribution in [0.25, 0.3) is 0 Å². The fourth-order valence-electron chi connectivity index (χ4n) is 2.26. The van der Waals surface area contributed by atoms with Crippen LogP contribution in [0.1, 0.15) is 10.4 Å². The Kier molecular flexibility index (Phi) is 6.09. The van der Waals surface area contributed by atoms with Crippen molar-refractivity contribution in [3.8, 4) is 5.75 Å². The molecule has 30 heavy (non-hydrogen) atoms. The Morgan fingerprint density at radius 2 is 1.63 bits per heavy atom. The van der Waals surface area contributed by atoms with E-state index in [1.54, 1.807) is 0 Å². The molecule has 15 heteroatoms. The number of alkyl halides is 9. The van der Waals surface area contributed by atoms with Gasteiger partial charge < -0.3 is 10.1 Å². The molecule has 0 spiro atoms. The SMILES string of the molecule is COc1cccc(C(=O)NC2=NC(C(F)(F)F)(C(F)(F)F)/C(=C(\F)C(F)(F)F)S2)c1. The highest BCUT2D eigenvalue weighted by molar-refractivity contribution is 8.17. The highest BCUT2D eigenvalue weighted by Crippen LogP contribution is 2.59. The fraction of sp³-hybridized carbons (Fsp3) is 0.333. The number of amides is 1. The van der Waals surface area contributed by atoms with Crippen molar-refractivity contribution in [3.63, 3.8) is 0 Å². The van der Waals surface area contributed by atoms with Gasteiger partial charge in [-0.3, -0.25) is 4.79 Å². The summed E-state index contributed by atoms with van der Waals surface area (Å²) in [6.45, 7) is 0. The Bertz CT molecular complexity index is 888. The number of benzene rings is 1. The summed E-state index contributed by atoms with van der Waals surface area (Å²) >= 11 is -0.929. The summed E-state index contributed by atoms with van der Waals surface area (Å²) in [4.78, 5) is 11.6. The number of halogens is 10. The number of thioether (sulfide) groups is 1. The van der Waals surface area contributed by atoms with Crippen molar-refractivity contribution in [3.05, 3.63) is 40.6 Å². The smallest absolute Gasteiger partial charge is 0.443 e. The van der Waals surface area contributed by atoms with Crippen LogP contribution < -0.4 is 10.1 Å². The molecule has 0 aliphatic carbocycles. The number of nitrogens with zero attached hydrogens (tertiary/aromatic N) is 1. The van der Waals surface area contributed by atoms with Crippen molar-refractivity contribution in [2.45, 2.75) is 24.1 Å². The molecule has 0 aromatic heterocycles. The van der Waals surface area contributed by atoms with E-state index < -0.39 is 57.6 Å². The van der Waals surface area contributed by atoms with Crippen molar-refractivity contribution in [2.75, 3.05) is 7.11 Å². The number of allylic oxidation sites excluding steroid dienone is 1. The maximum absolute atomic E-state index is 13.6. The van der Waals surface area contributed by atoms with E-state index >= 15 is 0 Å². The van der Waals surface area contributed by atoms with Gasteiger partial charge in [-0.15, -0.1) is 0 Å². The van der Waals surface area contributed by atoms with Gasteiger partial charge in [-0.1, -0.05) is 17.8 Å². The van der Waals surface area contributed by atoms with Crippen LogP contribution in [0.2, 0.25) is 0 Å². The number of ether oxygens (including phenoxy) is 1. The maximum atomic E-state index is 13.6. The first-order valence-electron chi connectivity index (χ1n) is 7.38. The standard InChI is InChI=1S/C15H8F10N2O2S/c1-29-7-4-2-3-6(5-7)10(28)26-11-27-12(14(20,21)22,15(23,24)25)9(30-11)8(16)13(17,18)19/h2-5H,1H3,(H,26,27,28)/b9-8+. The zero-order valence-electron chi connectivity index (χ0n) is 14.3. The van der Waals surface area contributed by atoms with Gasteiger partial charge in [0.05, 0.1) is 12.0 Å². The Hall–Kier alpha value is -2.45. The molecule has 0 unspecified atom stereocenters. The molecule has 0 saturated carbocycles. The number of hydrogen-bond donors (Lipinski definition) is 1. The highest BCUT2D eigenvalue weighted by atomic mass is 32.2. The first-order valence-corrected chi connectivity index (χ1v) is 8.20. The first-order chi connectivity index (χ1) is 13.5. The molecular formula is C15H8F10N2O2S. The molecule has 1 amide bonds. The van der Waals surface area contributed by atoms with E-state index in [1.807, 2.05) is 0 Å². The van der Waals surface area contributed by atoms with E-state index in [-0.39, 0.29) is 11.3 Å². The molecule has 4 nitrogen and oxygen atoms in total. The van der Waals surface area contributed by atoms with Crippen LogP contribution in [-0.4, -0.2) is 42.3 Å². The molecule has 1 heterocycles. The number of carbonyl (C=O) groups is 1. The Morgan fingerprint density at radius 3 is 2.10 bits per heavy atom. The van der Waals surface area contributed by atoms with Gasteiger partial charge in [0.1, 0.15) is 5.75 Å². The van der Waals surface area contributed by atoms with Crippen molar-refractivity contribution in [1.82, 2.24) is 5.32 Å². The molecule has 0 saturated heterocycles. The molecule has 1 aromatic carbocycles. The summed E-state index contributed by atoms with van der Waals surface area (Å²) < 4.78 is 136. The second kappa shape index (κ2) is 7.67. The Balaban J connectivity index is 2.59. The van der Waals surface area contributed by atoms with Gasteiger partial charge >= 0.3 is 18.5 Å². The fourth-order valence-corrected chi connectivity index (χ4v) is 3.41. The molecule has 166 valence electrons. The summed E-state index contributed by atoms with van der Waals surface area (Å²) in [5.41, 5.74) is -5.86. The first kappa shape index (κ1) is 23.8. The van der Waals surface area contributed by atoms with Gasteiger partial charge in [0.2, 0.25) is 5.83 Å². The third-order valence-corrected chi connectivity index (χ3v) is 4.68. The highest BCUT2D eigenvalue weighted by Gasteiger charge is 2.77. The van der Waals surface area contributed by atoms with Crippen molar-refractivity contribution < 1.29 is 53.4 Å². The van der Waals surface area contributed by atoms with Crippen molar-refractivity contribution in [1.29, 1.82) is 0 Å². The summed E-state index contributed by atoms with van der Waals surface area (Å²) in [5.74, 6) is -4.85. The minimum absolute atomic E-state index is 0.0901. The minimum Gasteiger partial charge on any atom is -0.497 e. The predicted molar refractivity (Wildman–Crippen MR) is 84.5 cm³/mol. The van der Waals surface area contributed by atoms with Gasteiger partial charge in [-0.2, -0.15) is 39.5 Å². The van der Waals surface area contributed by atoms with Crippen molar-refractivity contribution >= 4 is 22.8 Å². The normalized spacial score (nSPS) is 18.7. The number of hydrogen-bond acceptors (Lipinski definition) is 4. The molecule has 0 radical (unpaired) electrons. The number of methoxy groups -OCH3 is 1. The molecule has 0 fully saturated rings. The lowest BCUT2D eigenvalue weighted by Gasteiger charge is -2.31. The third kappa shape index (κ3) is 4.20. The van der Waals surface area contributed by atoms with E-state index in [9.17, 15) is 48.7 Å². The average molecular weight is 470 g/mol. The molecule has 1 N–H and O–H groups in total. The third-order valence-electron chi connectivity index (χ3n) is 3.62. The molecule has 2 rings (SSSR count). The molecule has 1 aromatic rings. The van der Waals surface area contributed by atoms with E-state index in [2.05, 4.69) is 4.99 Å². The van der Waals surface area contributed by atoms with E-state index in [4.69, 9.17) is 4.74 Å². The van der Waals surface area contributed by atoms with Gasteiger partial charge in [0.25, 0.3) is 11.4 Å². The van der Waals surface area contributed by atoms with Crippen LogP contribution >= 0.6 is 11.8 Å². The Labute approximate surface area is 165 Å². The van der Waals surface area contributed by atoms with Crippen LogP contribution in [0.4, 0.5) is 43.9 Å². The monoisotopic (exact) mass is 470 g/mol. The summed E-state index contributed by atoms with van der Waals surface area (Å²) in [5, 5.41) is 0.0106. The predicted octanol–water partition coefficient (Wildman–Crippen LogP) is 5.13.